The summed E-state index contributed by atoms with van der Waals surface area (Å²) in [5.74, 6) is 0. The number of aromatic nitrogens is 1. The summed E-state index contributed by atoms with van der Waals surface area (Å²) in [5.41, 5.74) is 0.604. The zero-order chi connectivity index (χ0) is 8.81. The minimum Gasteiger partial charge on any atom is -0.387 e. The second-order valence-corrected chi connectivity index (χ2v) is 2.45. The van der Waals surface area contributed by atoms with Gasteiger partial charge in [-0.15, -0.1) is 0 Å². The van der Waals surface area contributed by atoms with E-state index >= 15 is 0 Å². The van der Waals surface area contributed by atoms with Crippen molar-refractivity contribution in [2.24, 2.45) is 0 Å². The Bertz CT molecular complexity index is 236. The number of rotatable bonds is 4. The lowest BCUT2D eigenvalue weighted by Crippen LogP contribution is -1.99. The molecule has 1 N–H and O–H groups in total. The zero-order valence-corrected chi connectivity index (χ0v) is 6.60. The summed E-state index contributed by atoms with van der Waals surface area (Å²) in [5, 5.41) is 9.41. The molecule has 0 aromatic carbocycles. The molecule has 0 amide bonds. The summed E-state index contributed by atoms with van der Waals surface area (Å²) < 4.78 is 0. The van der Waals surface area contributed by atoms with Crippen molar-refractivity contribution in [2.45, 2.75) is 18.9 Å². The van der Waals surface area contributed by atoms with Crippen LogP contribution in [-0.2, 0) is 4.79 Å². The predicted molar refractivity (Wildman–Crippen MR) is 44.1 cm³/mol. The Morgan fingerprint density at radius 2 is 2.42 bits per heavy atom. The van der Waals surface area contributed by atoms with Gasteiger partial charge < -0.3 is 5.11 Å². The van der Waals surface area contributed by atoms with Crippen LogP contribution >= 0.6 is 0 Å². The van der Waals surface area contributed by atoms with Gasteiger partial charge in [-0.3, -0.25) is 9.78 Å². The van der Waals surface area contributed by atoms with Gasteiger partial charge in [0, 0.05) is 12.6 Å². The minimum atomic E-state index is -0.646. The summed E-state index contributed by atoms with van der Waals surface area (Å²) in [6, 6.07) is 5.31. The first-order chi connectivity index (χ1) is 5.84. The summed E-state index contributed by atoms with van der Waals surface area (Å²) in [4.78, 5) is 13.8. The quantitative estimate of drug-likeness (QED) is 0.722. The molecule has 1 aromatic rings. The molecule has 1 rings (SSSR count). The molecule has 63 valence electrons. The molecule has 0 aliphatic rings. The average Bonchev–Trinajstić information content (AvgIpc) is 2.15. The Kier molecular flexibility index (Phi) is 3.41. The number of hydrogen-bond donors (Lipinski definition) is 1. The summed E-state index contributed by atoms with van der Waals surface area (Å²) in [7, 11) is 0. The first-order valence-corrected chi connectivity index (χ1v) is 3.78. The van der Waals surface area contributed by atoms with Crippen LogP contribution in [0.5, 0.6) is 0 Å². The largest absolute Gasteiger partial charge is 0.387 e. The fraction of sp³-hybridized carbons (Fsp3) is 0.333. The predicted octanol–water partition coefficient (Wildman–Crippen LogP) is 1.00. The summed E-state index contributed by atoms with van der Waals surface area (Å²) in [6.45, 7) is 0. The van der Waals surface area contributed by atoms with E-state index < -0.39 is 6.10 Å². The van der Waals surface area contributed by atoms with E-state index in [1.807, 2.05) is 0 Å². The highest BCUT2D eigenvalue weighted by atomic mass is 16.3. The Morgan fingerprint density at radius 3 is 3.00 bits per heavy atom. The van der Waals surface area contributed by atoms with Gasteiger partial charge in [0.05, 0.1) is 11.8 Å². The molecule has 1 aromatic heterocycles. The highest BCUT2D eigenvalue weighted by molar-refractivity contribution is 5.50. The number of aliphatic hydroxyl groups excluding tert-OH is 1. The van der Waals surface area contributed by atoms with E-state index in [0.717, 1.165) is 0 Å². The molecule has 0 saturated heterocycles. The second-order valence-electron chi connectivity index (χ2n) is 2.45. The fourth-order valence-electron chi connectivity index (χ4n) is 0.917. The fourth-order valence-corrected chi connectivity index (χ4v) is 0.917. The monoisotopic (exact) mass is 164 g/mol. The van der Waals surface area contributed by atoms with Crippen LogP contribution in [0.1, 0.15) is 24.6 Å². The van der Waals surface area contributed by atoms with Gasteiger partial charge >= 0.3 is 0 Å². The van der Waals surface area contributed by atoms with Gasteiger partial charge in [0.1, 0.15) is 0 Å². The average molecular weight is 164 g/mol. The first-order valence-electron chi connectivity index (χ1n) is 3.78. The van der Waals surface area contributed by atoms with Crippen LogP contribution in [0, 0.1) is 0 Å². The van der Waals surface area contributed by atoms with Gasteiger partial charge in [0.2, 0.25) is 0 Å². The third-order valence-corrected chi connectivity index (χ3v) is 1.55. The molecule has 0 bridgehead atoms. The van der Waals surface area contributed by atoms with Crippen molar-refractivity contribution in [1.29, 1.82) is 0 Å². The van der Waals surface area contributed by atoms with Gasteiger partial charge in [0.25, 0.3) is 0 Å². The third kappa shape index (κ3) is 2.43. The number of carbonyl (C=O) groups excluding carboxylic acids is 1. The van der Waals surface area contributed by atoms with Gasteiger partial charge in [0.15, 0.2) is 6.29 Å². The Hall–Kier alpha value is -1.22. The maximum absolute atomic E-state index is 9.88. The number of hydrogen-bond acceptors (Lipinski definition) is 3. The van der Waals surface area contributed by atoms with E-state index in [-0.39, 0.29) is 6.42 Å². The molecule has 0 aliphatic heterocycles. The van der Waals surface area contributed by atoms with E-state index in [9.17, 15) is 9.90 Å². The first kappa shape index (κ1) is 8.87. The van der Waals surface area contributed by atoms with Gasteiger partial charge in [-0.05, 0) is 18.6 Å². The van der Waals surface area contributed by atoms with Gasteiger partial charge in [-0.2, -0.15) is 0 Å². The highest BCUT2D eigenvalue weighted by Gasteiger charge is 2.06. The van der Waals surface area contributed by atoms with Crippen LogP contribution < -0.4 is 0 Å². The summed E-state index contributed by atoms with van der Waals surface area (Å²) >= 11 is 0. The summed E-state index contributed by atoms with van der Waals surface area (Å²) in [6.07, 6.45) is 3.34. The molecule has 12 heavy (non-hydrogen) atoms. The lowest BCUT2D eigenvalue weighted by Gasteiger charge is -2.06. The van der Waals surface area contributed by atoms with Crippen LogP contribution in [0.2, 0.25) is 0 Å². The van der Waals surface area contributed by atoms with E-state index in [4.69, 9.17) is 0 Å². The Morgan fingerprint density at radius 1 is 1.58 bits per heavy atom. The lowest BCUT2D eigenvalue weighted by atomic mass is 10.1. The molecule has 1 radical (unpaired) electrons. The van der Waals surface area contributed by atoms with E-state index in [0.29, 0.717) is 12.1 Å². The Labute approximate surface area is 71.1 Å². The lowest BCUT2D eigenvalue weighted by molar-refractivity contribution is 0.165. The van der Waals surface area contributed by atoms with Crippen LogP contribution in [0.15, 0.2) is 24.4 Å². The minimum absolute atomic E-state index is 0.248. The van der Waals surface area contributed by atoms with E-state index in [1.54, 1.807) is 30.7 Å². The van der Waals surface area contributed by atoms with Crippen LogP contribution in [0.25, 0.3) is 0 Å². The molecule has 1 atom stereocenters. The van der Waals surface area contributed by atoms with Crippen molar-refractivity contribution in [1.82, 2.24) is 4.98 Å². The van der Waals surface area contributed by atoms with Crippen molar-refractivity contribution < 1.29 is 9.90 Å². The molecule has 3 nitrogen and oxygen atoms in total. The highest BCUT2D eigenvalue weighted by Crippen LogP contribution is 2.13. The third-order valence-electron chi connectivity index (χ3n) is 1.55. The molecule has 3 heteroatoms. The number of aliphatic hydroxyl groups is 1. The molecular weight excluding hydrogens is 154 g/mol. The molecule has 1 unspecified atom stereocenters. The van der Waals surface area contributed by atoms with Crippen molar-refractivity contribution in [3.05, 3.63) is 30.1 Å². The standard InChI is InChI=1S/C9H10NO2/c11-7-3-5-9(12)8-4-1-2-6-10-8/h1-2,4,6,9,12H,3,5H2. The van der Waals surface area contributed by atoms with E-state index in [2.05, 4.69) is 4.98 Å². The maximum atomic E-state index is 9.88. The second kappa shape index (κ2) is 4.62. The van der Waals surface area contributed by atoms with Crippen molar-refractivity contribution in [3.8, 4) is 0 Å². The normalized spacial score (nSPS) is 12.4. The van der Waals surface area contributed by atoms with Crippen molar-refractivity contribution in [2.75, 3.05) is 0 Å². The molecule has 0 spiro atoms. The van der Waals surface area contributed by atoms with Crippen LogP contribution in [0.3, 0.4) is 0 Å². The zero-order valence-electron chi connectivity index (χ0n) is 6.60. The number of nitrogens with zero attached hydrogens (tertiary/aromatic N) is 1. The van der Waals surface area contributed by atoms with Crippen molar-refractivity contribution in [3.63, 3.8) is 0 Å². The van der Waals surface area contributed by atoms with Gasteiger partial charge in [-0.25, -0.2) is 0 Å². The Balaban J connectivity index is 2.53. The topological polar surface area (TPSA) is 50.2 Å². The number of pyridine rings is 1. The van der Waals surface area contributed by atoms with E-state index in [1.165, 1.54) is 0 Å². The molecule has 1 heterocycles. The molecular formula is C9H10NO2. The molecule has 0 saturated carbocycles. The van der Waals surface area contributed by atoms with Crippen molar-refractivity contribution >= 4 is 6.29 Å². The molecule has 0 fully saturated rings. The SMILES string of the molecule is O=[C]CCC(O)c1ccccn1. The van der Waals surface area contributed by atoms with Gasteiger partial charge in [-0.1, -0.05) is 6.07 Å². The molecule has 0 aliphatic carbocycles. The smallest absolute Gasteiger partial charge is 0.198 e. The maximum Gasteiger partial charge on any atom is 0.198 e. The van der Waals surface area contributed by atoms with Crippen LogP contribution in [0.4, 0.5) is 0 Å². The van der Waals surface area contributed by atoms with Crippen LogP contribution in [-0.4, -0.2) is 16.4 Å².